The molecule has 3 aromatic carbocycles. The number of para-hydroxylation sites is 1. The standard InChI is InChI=1S/C30H36O3/c1-29(2,3)24-18-23(19-25(20-24)30(4,5)6)21-12-15-26(16-13-21)33-27-11-9-8-10-22(27)14-17-28(31)32-7/h8-13,15-16,18-20H,14,17H2,1-7H3. The topological polar surface area (TPSA) is 35.5 Å². The Balaban J connectivity index is 1.87. The van der Waals surface area contributed by atoms with Crippen molar-refractivity contribution in [3.05, 3.63) is 83.4 Å². The lowest BCUT2D eigenvalue weighted by molar-refractivity contribution is -0.140. The van der Waals surface area contributed by atoms with Gasteiger partial charge in [-0.3, -0.25) is 4.79 Å². The molecule has 0 aliphatic rings. The van der Waals surface area contributed by atoms with Crippen molar-refractivity contribution in [2.75, 3.05) is 7.11 Å². The van der Waals surface area contributed by atoms with E-state index < -0.39 is 0 Å². The van der Waals surface area contributed by atoms with Crippen molar-refractivity contribution in [2.24, 2.45) is 0 Å². The van der Waals surface area contributed by atoms with Gasteiger partial charge in [-0.15, -0.1) is 0 Å². The van der Waals surface area contributed by atoms with Crippen LogP contribution < -0.4 is 4.74 Å². The van der Waals surface area contributed by atoms with Gasteiger partial charge in [0.1, 0.15) is 11.5 Å². The minimum Gasteiger partial charge on any atom is -0.469 e. The molecule has 0 atom stereocenters. The highest BCUT2D eigenvalue weighted by Crippen LogP contribution is 2.35. The maximum atomic E-state index is 11.5. The quantitative estimate of drug-likeness (QED) is 0.363. The van der Waals surface area contributed by atoms with E-state index in [-0.39, 0.29) is 16.8 Å². The summed E-state index contributed by atoms with van der Waals surface area (Å²) in [5, 5.41) is 0. The van der Waals surface area contributed by atoms with Gasteiger partial charge in [-0.1, -0.05) is 90.1 Å². The normalized spacial score (nSPS) is 11.8. The van der Waals surface area contributed by atoms with E-state index in [9.17, 15) is 4.79 Å². The zero-order valence-corrected chi connectivity index (χ0v) is 21.0. The Morgan fingerprint density at radius 1 is 0.758 bits per heavy atom. The Morgan fingerprint density at radius 3 is 1.88 bits per heavy atom. The first-order valence-corrected chi connectivity index (χ1v) is 11.6. The minimum absolute atomic E-state index is 0.0764. The molecule has 0 bridgehead atoms. The number of esters is 1. The maximum Gasteiger partial charge on any atom is 0.305 e. The van der Waals surface area contributed by atoms with Gasteiger partial charge in [-0.25, -0.2) is 0 Å². The smallest absolute Gasteiger partial charge is 0.305 e. The molecular weight excluding hydrogens is 408 g/mol. The van der Waals surface area contributed by atoms with E-state index >= 15 is 0 Å². The summed E-state index contributed by atoms with van der Waals surface area (Å²) < 4.78 is 10.9. The van der Waals surface area contributed by atoms with Crippen molar-refractivity contribution in [2.45, 2.75) is 65.2 Å². The number of carbonyl (C=O) groups is 1. The predicted octanol–water partition coefficient (Wildman–Crippen LogP) is 7.85. The average Bonchev–Trinajstić information content (AvgIpc) is 2.77. The first-order chi connectivity index (χ1) is 15.5. The number of benzene rings is 3. The lowest BCUT2D eigenvalue weighted by Gasteiger charge is -2.26. The Bertz CT molecular complexity index is 1060. The maximum absolute atomic E-state index is 11.5. The lowest BCUT2D eigenvalue weighted by Crippen LogP contribution is -2.16. The number of methoxy groups -OCH3 is 1. The molecule has 0 aliphatic heterocycles. The van der Waals surface area contributed by atoms with Crippen LogP contribution in [-0.4, -0.2) is 13.1 Å². The van der Waals surface area contributed by atoms with E-state index in [1.54, 1.807) is 0 Å². The second-order valence-electron chi connectivity index (χ2n) is 10.6. The van der Waals surface area contributed by atoms with E-state index in [0.717, 1.165) is 22.6 Å². The lowest BCUT2D eigenvalue weighted by atomic mass is 9.79. The van der Waals surface area contributed by atoms with E-state index in [1.165, 1.54) is 23.8 Å². The van der Waals surface area contributed by atoms with Gasteiger partial charge in [-0.05, 0) is 63.3 Å². The summed E-state index contributed by atoms with van der Waals surface area (Å²) in [6, 6.07) is 23.0. The average molecular weight is 445 g/mol. The molecule has 33 heavy (non-hydrogen) atoms. The molecule has 0 N–H and O–H groups in total. The van der Waals surface area contributed by atoms with Gasteiger partial charge in [0.15, 0.2) is 0 Å². The van der Waals surface area contributed by atoms with Crippen LogP contribution in [0.15, 0.2) is 66.7 Å². The predicted molar refractivity (Wildman–Crippen MR) is 136 cm³/mol. The summed E-state index contributed by atoms with van der Waals surface area (Å²) in [5.74, 6) is 1.31. The van der Waals surface area contributed by atoms with Crippen LogP contribution in [0.5, 0.6) is 11.5 Å². The molecule has 0 radical (unpaired) electrons. The second-order valence-corrected chi connectivity index (χ2v) is 10.6. The molecule has 0 heterocycles. The first-order valence-electron chi connectivity index (χ1n) is 11.6. The summed E-state index contributed by atoms with van der Waals surface area (Å²) in [5.41, 5.74) is 6.20. The SMILES string of the molecule is COC(=O)CCc1ccccc1Oc1ccc(-c2cc(C(C)(C)C)cc(C(C)(C)C)c2)cc1. The number of carbonyl (C=O) groups excluding carboxylic acids is 1. The Kier molecular flexibility index (Phi) is 7.31. The third kappa shape index (κ3) is 6.47. The molecule has 0 unspecified atom stereocenters. The van der Waals surface area contributed by atoms with Gasteiger partial charge in [0.25, 0.3) is 0 Å². The van der Waals surface area contributed by atoms with E-state index in [1.807, 2.05) is 36.4 Å². The molecule has 0 spiro atoms. The fourth-order valence-corrected chi connectivity index (χ4v) is 3.65. The van der Waals surface area contributed by atoms with Gasteiger partial charge < -0.3 is 9.47 Å². The number of aryl methyl sites for hydroxylation is 1. The summed E-state index contributed by atoms with van der Waals surface area (Å²) >= 11 is 0. The largest absolute Gasteiger partial charge is 0.469 e. The zero-order valence-electron chi connectivity index (χ0n) is 21.0. The Hall–Kier alpha value is -3.07. The summed E-state index contributed by atoms with van der Waals surface area (Å²) in [6.45, 7) is 13.5. The summed E-state index contributed by atoms with van der Waals surface area (Å²) in [6.07, 6.45) is 0.909. The van der Waals surface area contributed by atoms with Crippen LogP contribution in [0.1, 0.15) is 64.7 Å². The van der Waals surface area contributed by atoms with Crippen LogP contribution in [0.2, 0.25) is 0 Å². The number of hydrogen-bond donors (Lipinski definition) is 0. The monoisotopic (exact) mass is 444 g/mol. The third-order valence-corrected chi connectivity index (χ3v) is 5.88. The Morgan fingerprint density at radius 2 is 1.33 bits per heavy atom. The van der Waals surface area contributed by atoms with Crippen LogP contribution >= 0.6 is 0 Å². The molecule has 3 nitrogen and oxygen atoms in total. The molecule has 0 aliphatic carbocycles. The highest BCUT2D eigenvalue weighted by Gasteiger charge is 2.21. The third-order valence-electron chi connectivity index (χ3n) is 5.88. The fraction of sp³-hybridized carbons (Fsp3) is 0.367. The molecule has 0 saturated carbocycles. The van der Waals surface area contributed by atoms with E-state index in [4.69, 9.17) is 9.47 Å². The van der Waals surface area contributed by atoms with Crippen LogP contribution in [0, 0.1) is 0 Å². The van der Waals surface area contributed by atoms with Gasteiger partial charge in [-0.2, -0.15) is 0 Å². The van der Waals surface area contributed by atoms with Crippen molar-refractivity contribution in [1.29, 1.82) is 0 Å². The number of rotatable bonds is 6. The first kappa shape index (κ1) is 24.6. The molecule has 0 saturated heterocycles. The summed E-state index contributed by atoms with van der Waals surface area (Å²) in [7, 11) is 1.41. The molecular formula is C30H36O3. The number of hydrogen-bond acceptors (Lipinski definition) is 3. The van der Waals surface area contributed by atoms with Crippen molar-refractivity contribution >= 4 is 5.97 Å². The molecule has 174 valence electrons. The van der Waals surface area contributed by atoms with Crippen LogP contribution in [0.3, 0.4) is 0 Å². The highest BCUT2D eigenvalue weighted by atomic mass is 16.5. The molecule has 0 fully saturated rings. The molecule has 3 rings (SSSR count). The molecule has 3 heteroatoms. The van der Waals surface area contributed by atoms with Crippen molar-refractivity contribution in [1.82, 2.24) is 0 Å². The molecule has 0 aromatic heterocycles. The minimum atomic E-state index is -0.221. The van der Waals surface area contributed by atoms with Crippen LogP contribution in [-0.2, 0) is 26.8 Å². The van der Waals surface area contributed by atoms with Gasteiger partial charge in [0, 0.05) is 6.42 Å². The number of ether oxygens (including phenoxy) is 2. The van der Waals surface area contributed by atoms with Crippen molar-refractivity contribution in [3.8, 4) is 22.6 Å². The molecule has 0 amide bonds. The van der Waals surface area contributed by atoms with E-state index in [0.29, 0.717) is 12.8 Å². The fourth-order valence-electron chi connectivity index (χ4n) is 3.65. The van der Waals surface area contributed by atoms with Gasteiger partial charge in [0.05, 0.1) is 7.11 Å². The molecule has 3 aromatic rings. The van der Waals surface area contributed by atoms with Gasteiger partial charge in [0.2, 0.25) is 0 Å². The summed E-state index contributed by atoms with van der Waals surface area (Å²) in [4.78, 5) is 11.5. The highest BCUT2D eigenvalue weighted by molar-refractivity contribution is 5.70. The van der Waals surface area contributed by atoms with Crippen LogP contribution in [0.4, 0.5) is 0 Å². The Labute approximate surface area is 198 Å². The van der Waals surface area contributed by atoms with Gasteiger partial charge >= 0.3 is 5.97 Å². The second kappa shape index (κ2) is 9.82. The van der Waals surface area contributed by atoms with Crippen molar-refractivity contribution < 1.29 is 14.3 Å². The zero-order chi connectivity index (χ0) is 24.2. The van der Waals surface area contributed by atoms with Crippen LogP contribution in [0.25, 0.3) is 11.1 Å². The van der Waals surface area contributed by atoms with Crippen molar-refractivity contribution in [3.63, 3.8) is 0 Å². The van der Waals surface area contributed by atoms with E-state index in [2.05, 4.69) is 71.9 Å².